The standard InChI is InChI=1S/C28H37N5O3/c1-20(2)26(34)29-23-11-12-25(24(19-23)27(35)32-13-5-4-6-14-32)31-15-17-33(18-16-31)28(36)30-22-9-7-21(3)8-10-22/h7-12,19-20H,4-6,13-18H2,1-3H3,(H,29,34)(H,30,36). The number of hydrogen-bond acceptors (Lipinski definition) is 4. The van der Waals surface area contributed by atoms with Gasteiger partial charge >= 0.3 is 6.03 Å². The van der Waals surface area contributed by atoms with E-state index in [9.17, 15) is 14.4 Å². The van der Waals surface area contributed by atoms with E-state index >= 15 is 0 Å². The summed E-state index contributed by atoms with van der Waals surface area (Å²) in [5, 5.41) is 5.90. The first-order valence-electron chi connectivity index (χ1n) is 12.9. The van der Waals surface area contributed by atoms with Gasteiger partial charge in [-0.1, -0.05) is 31.5 Å². The van der Waals surface area contributed by atoms with Crippen LogP contribution in [0.4, 0.5) is 21.9 Å². The van der Waals surface area contributed by atoms with Crippen molar-refractivity contribution < 1.29 is 14.4 Å². The molecule has 0 saturated carbocycles. The Labute approximate surface area is 213 Å². The van der Waals surface area contributed by atoms with Gasteiger partial charge in [0.1, 0.15) is 0 Å². The lowest BCUT2D eigenvalue weighted by molar-refractivity contribution is -0.118. The fourth-order valence-corrected chi connectivity index (χ4v) is 4.60. The molecule has 0 aromatic heterocycles. The second kappa shape index (κ2) is 11.5. The summed E-state index contributed by atoms with van der Waals surface area (Å²) in [5.74, 6) is -0.220. The van der Waals surface area contributed by atoms with Crippen molar-refractivity contribution in [1.82, 2.24) is 9.80 Å². The molecule has 2 aliphatic heterocycles. The van der Waals surface area contributed by atoms with Gasteiger partial charge in [-0.3, -0.25) is 9.59 Å². The van der Waals surface area contributed by atoms with Gasteiger partial charge in [0.15, 0.2) is 0 Å². The van der Waals surface area contributed by atoms with Crippen LogP contribution in [0, 0.1) is 12.8 Å². The molecule has 8 nitrogen and oxygen atoms in total. The lowest BCUT2D eigenvalue weighted by Gasteiger charge is -2.37. The van der Waals surface area contributed by atoms with Gasteiger partial charge in [0.05, 0.1) is 5.56 Å². The molecule has 8 heteroatoms. The van der Waals surface area contributed by atoms with E-state index in [1.807, 2.05) is 68.1 Å². The average Bonchev–Trinajstić information content (AvgIpc) is 2.90. The summed E-state index contributed by atoms with van der Waals surface area (Å²) in [5.41, 5.74) is 4.02. The number of carbonyl (C=O) groups excluding carboxylic acids is 3. The molecule has 0 radical (unpaired) electrons. The molecular formula is C28H37N5O3. The van der Waals surface area contributed by atoms with Gasteiger partial charge in [-0.2, -0.15) is 0 Å². The van der Waals surface area contributed by atoms with Crippen molar-refractivity contribution in [3.8, 4) is 0 Å². The van der Waals surface area contributed by atoms with E-state index < -0.39 is 0 Å². The van der Waals surface area contributed by atoms with Crippen molar-refractivity contribution in [2.45, 2.75) is 40.0 Å². The molecule has 0 aliphatic carbocycles. The van der Waals surface area contributed by atoms with Gasteiger partial charge in [-0.25, -0.2) is 4.79 Å². The van der Waals surface area contributed by atoms with Gasteiger partial charge in [0.25, 0.3) is 5.91 Å². The van der Waals surface area contributed by atoms with Crippen molar-refractivity contribution in [3.05, 3.63) is 53.6 Å². The number of piperidine rings is 1. The minimum Gasteiger partial charge on any atom is -0.367 e. The van der Waals surface area contributed by atoms with Crippen LogP contribution >= 0.6 is 0 Å². The zero-order chi connectivity index (χ0) is 25.7. The van der Waals surface area contributed by atoms with Crippen LogP contribution in [0.1, 0.15) is 49.0 Å². The number of rotatable bonds is 5. The van der Waals surface area contributed by atoms with Crippen LogP contribution in [0.3, 0.4) is 0 Å². The second-order valence-electron chi connectivity index (χ2n) is 10.00. The molecule has 0 atom stereocenters. The van der Waals surface area contributed by atoms with E-state index in [2.05, 4.69) is 15.5 Å². The maximum Gasteiger partial charge on any atom is 0.321 e. The number of benzene rings is 2. The molecule has 0 bridgehead atoms. The van der Waals surface area contributed by atoms with Crippen LogP contribution < -0.4 is 15.5 Å². The Balaban J connectivity index is 1.48. The molecule has 4 rings (SSSR count). The molecule has 4 amide bonds. The minimum atomic E-state index is -0.148. The Hall–Kier alpha value is -3.55. The Morgan fingerprint density at radius 2 is 1.39 bits per heavy atom. The Morgan fingerprint density at radius 3 is 2.03 bits per heavy atom. The number of anilines is 3. The molecule has 2 N–H and O–H groups in total. The molecule has 2 aromatic rings. The Morgan fingerprint density at radius 1 is 0.750 bits per heavy atom. The number of hydrogen-bond donors (Lipinski definition) is 2. The summed E-state index contributed by atoms with van der Waals surface area (Å²) in [6.07, 6.45) is 3.17. The summed E-state index contributed by atoms with van der Waals surface area (Å²) in [6.45, 7) is 9.58. The molecule has 2 saturated heterocycles. The highest BCUT2D eigenvalue weighted by Gasteiger charge is 2.27. The maximum atomic E-state index is 13.5. The van der Waals surface area contributed by atoms with Crippen molar-refractivity contribution in [2.24, 2.45) is 5.92 Å². The van der Waals surface area contributed by atoms with Gasteiger partial charge in [-0.05, 0) is 56.5 Å². The lowest BCUT2D eigenvalue weighted by atomic mass is 10.0. The van der Waals surface area contributed by atoms with Gasteiger partial charge in [-0.15, -0.1) is 0 Å². The zero-order valence-electron chi connectivity index (χ0n) is 21.5. The van der Waals surface area contributed by atoms with Crippen LogP contribution in [-0.2, 0) is 4.79 Å². The van der Waals surface area contributed by atoms with Gasteiger partial charge in [0.2, 0.25) is 5.91 Å². The molecule has 0 unspecified atom stereocenters. The van der Waals surface area contributed by atoms with Crippen LogP contribution in [0.25, 0.3) is 0 Å². The second-order valence-corrected chi connectivity index (χ2v) is 10.00. The number of piperazine rings is 1. The largest absolute Gasteiger partial charge is 0.367 e. The quantitative estimate of drug-likeness (QED) is 0.642. The zero-order valence-corrected chi connectivity index (χ0v) is 21.5. The van der Waals surface area contributed by atoms with Crippen LogP contribution in [0.15, 0.2) is 42.5 Å². The number of urea groups is 1. The smallest absolute Gasteiger partial charge is 0.321 e. The monoisotopic (exact) mass is 491 g/mol. The molecular weight excluding hydrogens is 454 g/mol. The number of carbonyl (C=O) groups is 3. The van der Waals surface area contributed by atoms with Crippen LogP contribution in [0.5, 0.6) is 0 Å². The van der Waals surface area contributed by atoms with E-state index in [0.29, 0.717) is 37.4 Å². The van der Waals surface area contributed by atoms with E-state index in [0.717, 1.165) is 49.3 Å². The van der Waals surface area contributed by atoms with E-state index in [1.54, 1.807) is 4.90 Å². The number of likely N-dealkylation sites (tertiary alicyclic amines) is 1. The third-order valence-corrected chi connectivity index (χ3v) is 6.87. The van der Waals surface area contributed by atoms with Crippen molar-refractivity contribution in [1.29, 1.82) is 0 Å². The Kier molecular flexibility index (Phi) is 8.13. The lowest BCUT2D eigenvalue weighted by Crippen LogP contribution is -2.50. The number of nitrogens with one attached hydrogen (secondary N) is 2. The topological polar surface area (TPSA) is 85.0 Å². The SMILES string of the molecule is Cc1ccc(NC(=O)N2CCN(c3ccc(NC(=O)C(C)C)cc3C(=O)N3CCCCC3)CC2)cc1. The first kappa shape index (κ1) is 25.5. The van der Waals surface area contributed by atoms with Crippen molar-refractivity contribution >= 4 is 34.9 Å². The normalized spacial score (nSPS) is 16.2. The highest BCUT2D eigenvalue weighted by molar-refractivity contribution is 6.02. The molecule has 2 fully saturated rings. The first-order chi connectivity index (χ1) is 17.3. The summed E-state index contributed by atoms with van der Waals surface area (Å²) in [7, 11) is 0. The number of aryl methyl sites for hydroxylation is 1. The number of amides is 4. The highest BCUT2D eigenvalue weighted by atomic mass is 16.2. The predicted octanol–water partition coefficient (Wildman–Crippen LogP) is 4.57. The van der Waals surface area contributed by atoms with E-state index in [-0.39, 0.29) is 23.8 Å². The van der Waals surface area contributed by atoms with E-state index in [1.165, 1.54) is 0 Å². The Bertz CT molecular complexity index is 1080. The van der Waals surface area contributed by atoms with Gasteiger partial charge < -0.3 is 25.3 Å². The van der Waals surface area contributed by atoms with Gasteiger partial charge in [0, 0.05) is 62.2 Å². The fourth-order valence-electron chi connectivity index (χ4n) is 4.60. The van der Waals surface area contributed by atoms with Crippen molar-refractivity contribution in [3.63, 3.8) is 0 Å². The molecule has 2 aromatic carbocycles. The van der Waals surface area contributed by atoms with Crippen LogP contribution in [0.2, 0.25) is 0 Å². The predicted molar refractivity (Wildman–Crippen MR) is 144 cm³/mol. The summed E-state index contributed by atoms with van der Waals surface area (Å²) < 4.78 is 0. The fraction of sp³-hybridized carbons (Fsp3) is 0.464. The molecule has 0 spiro atoms. The molecule has 2 aliphatic rings. The molecule has 2 heterocycles. The average molecular weight is 492 g/mol. The van der Waals surface area contributed by atoms with Crippen LogP contribution in [-0.4, -0.2) is 66.9 Å². The maximum absolute atomic E-state index is 13.5. The molecule has 36 heavy (non-hydrogen) atoms. The van der Waals surface area contributed by atoms with E-state index in [4.69, 9.17) is 0 Å². The summed E-state index contributed by atoms with van der Waals surface area (Å²) in [6, 6.07) is 13.2. The summed E-state index contributed by atoms with van der Waals surface area (Å²) >= 11 is 0. The first-order valence-corrected chi connectivity index (χ1v) is 12.9. The third kappa shape index (κ3) is 6.17. The summed E-state index contributed by atoms with van der Waals surface area (Å²) in [4.78, 5) is 44.5. The third-order valence-electron chi connectivity index (χ3n) is 6.87. The highest BCUT2D eigenvalue weighted by Crippen LogP contribution is 2.28. The van der Waals surface area contributed by atoms with Crippen molar-refractivity contribution in [2.75, 3.05) is 54.8 Å². The molecule has 192 valence electrons. The minimum absolute atomic E-state index is 0.00453. The number of nitrogens with zero attached hydrogens (tertiary/aromatic N) is 3.